The van der Waals surface area contributed by atoms with Crippen LogP contribution in [0.5, 0.6) is 0 Å². The first-order valence-corrected chi connectivity index (χ1v) is 14.0. The molecule has 0 radical (unpaired) electrons. The number of anilines is 1. The largest absolute Gasteiger partial charge is 0.465 e. The van der Waals surface area contributed by atoms with E-state index in [9.17, 15) is 19.5 Å². The monoisotopic (exact) mass is 557 g/mol. The standard InChI is InChI=1S/C30H35N7O4/c1-34(2)12-5-13-36-23-7-4-3-6-22(23)32-28(36)33-26(38)21-9-8-20-16-25-27(39)31-18-30(19-37(25)24(20)17-21)10-14-35(15-11-30)29(40)41/h3-4,6-9,16-17H,5,10-15,18-19H2,1-2H3,(H,31,39)(H,40,41)(H,32,33,38). The molecule has 4 aromatic rings. The van der Waals surface area contributed by atoms with Gasteiger partial charge in [-0.1, -0.05) is 18.2 Å². The lowest BCUT2D eigenvalue weighted by Gasteiger charge is -2.40. The van der Waals surface area contributed by atoms with E-state index in [0.29, 0.717) is 56.2 Å². The normalized spacial score (nSPS) is 16.7. The minimum absolute atomic E-state index is 0.156. The summed E-state index contributed by atoms with van der Waals surface area (Å²) >= 11 is 0. The number of carbonyl (C=O) groups excluding carboxylic acids is 2. The van der Waals surface area contributed by atoms with Crippen molar-refractivity contribution in [2.75, 3.05) is 45.6 Å². The molecular formula is C30H35N7O4. The second-order valence-electron chi connectivity index (χ2n) is 11.5. The highest BCUT2D eigenvalue weighted by Crippen LogP contribution is 2.37. The lowest BCUT2D eigenvalue weighted by Crippen LogP contribution is -2.47. The quantitative estimate of drug-likeness (QED) is 0.332. The molecule has 0 aliphatic carbocycles. The van der Waals surface area contributed by atoms with E-state index in [2.05, 4.69) is 20.1 Å². The van der Waals surface area contributed by atoms with Crippen molar-refractivity contribution in [3.8, 4) is 0 Å². The van der Waals surface area contributed by atoms with E-state index in [1.54, 1.807) is 6.07 Å². The first-order chi connectivity index (χ1) is 19.7. The van der Waals surface area contributed by atoms with Crippen LogP contribution >= 0.6 is 0 Å². The molecule has 11 nitrogen and oxygen atoms in total. The van der Waals surface area contributed by atoms with E-state index in [4.69, 9.17) is 4.98 Å². The molecule has 2 aliphatic heterocycles. The van der Waals surface area contributed by atoms with Gasteiger partial charge in [-0.05, 0) is 70.2 Å². The molecule has 0 bridgehead atoms. The molecule has 3 amide bonds. The van der Waals surface area contributed by atoms with Crippen molar-refractivity contribution in [1.82, 2.24) is 29.2 Å². The zero-order valence-corrected chi connectivity index (χ0v) is 23.4. The molecule has 0 atom stereocenters. The van der Waals surface area contributed by atoms with Gasteiger partial charge in [0.2, 0.25) is 5.95 Å². The number of rotatable bonds is 6. The molecule has 3 N–H and O–H groups in total. The van der Waals surface area contributed by atoms with Crippen LogP contribution in [0.4, 0.5) is 10.7 Å². The molecule has 6 rings (SSSR count). The second-order valence-corrected chi connectivity index (χ2v) is 11.5. The number of hydrogen-bond acceptors (Lipinski definition) is 5. The molecule has 11 heteroatoms. The number of carbonyl (C=O) groups is 3. The Morgan fingerprint density at radius 3 is 2.63 bits per heavy atom. The fourth-order valence-electron chi connectivity index (χ4n) is 6.13. The summed E-state index contributed by atoms with van der Waals surface area (Å²) in [5, 5.41) is 16.4. The highest BCUT2D eigenvalue weighted by Gasteiger charge is 2.39. The summed E-state index contributed by atoms with van der Waals surface area (Å²) in [6.45, 7) is 3.57. The summed E-state index contributed by atoms with van der Waals surface area (Å²) in [5.74, 6) is 0.0814. The van der Waals surface area contributed by atoms with Crippen LogP contribution in [-0.2, 0) is 13.1 Å². The van der Waals surface area contributed by atoms with Gasteiger partial charge in [-0.2, -0.15) is 0 Å². The maximum Gasteiger partial charge on any atom is 0.407 e. The van der Waals surface area contributed by atoms with Gasteiger partial charge in [-0.25, -0.2) is 9.78 Å². The van der Waals surface area contributed by atoms with Crippen LogP contribution in [0.3, 0.4) is 0 Å². The van der Waals surface area contributed by atoms with Crippen molar-refractivity contribution in [2.45, 2.75) is 32.4 Å². The number of carboxylic acid groups (broad SMARTS) is 1. The van der Waals surface area contributed by atoms with Crippen LogP contribution in [0, 0.1) is 5.41 Å². The molecule has 1 fully saturated rings. The Bertz CT molecular complexity index is 1650. The van der Waals surface area contributed by atoms with Gasteiger partial charge < -0.3 is 29.4 Å². The topological polar surface area (TPSA) is 125 Å². The fraction of sp³-hybridized carbons (Fsp3) is 0.400. The zero-order chi connectivity index (χ0) is 28.7. The third-order valence-electron chi connectivity index (χ3n) is 8.48. The molecule has 4 heterocycles. The van der Waals surface area contributed by atoms with Crippen molar-refractivity contribution in [3.05, 3.63) is 59.8 Å². The Balaban J connectivity index is 1.29. The summed E-state index contributed by atoms with van der Waals surface area (Å²) in [6.07, 6.45) is 1.31. The third-order valence-corrected chi connectivity index (χ3v) is 8.48. The van der Waals surface area contributed by atoms with Gasteiger partial charge in [0.25, 0.3) is 11.8 Å². The number of amides is 3. The Morgan fingerprint density at radius 2 is 1.88 bits per heavy atom. The van der Waals surface area contributed by atoms with E-state index >= 15 is 0 Å². The van der Waals surface area contributed by atoms with E-state index in [1.807, 2.05) is 61.1 Å². The van der Waals surface area contributed by atoms with E-state index in [-0.39, 0.29) is 17.2 Å². The molecule has 2 aromatic carbocycles. The summed E-state index contributed by atoms with van der Waals surface area (Å²) in [4.78, 5) is 46.4. The molecule has 0 unspecified atom stereocenters. The lowest BCUT2D eigenvalue weighted by atomic mass is 9.78. The highest BCUT2D eigenvalue weighted by atomic mass is 16.4. The van der Waals surface area contributed by atoms with Crippen LogP contribution in [0.2, 0.25) is 0 Å². The van der Waals surface area contributed by atoms with Crippen molar-refractivity contribution >= 4 is 45.8 Å². The van der Waals surface area contributed by atoms with Gasteiger partial charge in [0.1, 0.15) is 5.69 Å². The molecule has 2 aromatic heterocycles. The summed E-state index contributed by atoms with van der Waals surface area (Å²) in [7, 11) is 4.08. The number of piperidine rings is 1. The predicted octanol–water partition coefficient (Wildman–Crippen LogP) is 3.70. The minimum Gasteiger partial charge on any atom is -0.465 e. The van der Waals surface area contributed by atoms with Gasteiger partial charge in [0.15, 0.2) is 0 Å². The lowest BCUT2D eigenvalue weighted by molar-refractivity contribution is 0.0769. The van der Waals surface area contributed by atoms with Gasteiger partial charge in [-0.15, -0.1) is 0 Å². The number of fused-ring (bicyclic) bond motifs is 4. The smallest absolute Gasteiger partial charge is 0.407 e. The number of nitrogens with zero attached hydrogens (tertiary/aromatic N) is 5. The number of aromatic nitrogens is 3. The Kier molecular flexibility index (Phi) is 6.90. The van der Waals surface area contributed by atoms with E-state index in [1.165, 1.54) is 4.90 Å². The van der Waals surface area contributed by atoms with Crippen molar-refractivity contribution in [3.63, 3.8) is 0 Å². The summed E-state index contributed by atoms with van der Waals surface area (Å²) in [5.41, 5.74) is 3.38. The molecule has 41 heavy (non-hydrogen) atoms. The van der Waals surface area contributed by atoms with Gasteiger partial charge in [0, 0.05) is 54.6 Å². The maximum atomic E-state index is 13.6. The Labute approximate surface area is 237 Å². The van der Waals surface area contributed by atoms with Crippen LogP contribution in [0.1, 0.15) is 40.1 Å². The number of aryl methyl sites for hydroxylation is 1. The Morgan fingerprint density at radius 1 is 1.10 bits per heavy atom. The van der Waals surface area contributed by atoms with Gasteiger partial charge in [0.05, 0.1) is 11.0 Å². The van der Waals surface area contributed by atoms with Crippen LogP contribution in [-0.4, -0.2) is 87.2 Å². The fourth-order valence-corrected chi connectivity index (χ4v) is 6.13. The first-order valence-electron chi connectivity index (χ1n) is 14.0. The molecule has 214 valence electrons. The number of imidazole rings is 1. The van der Waals surface area contributed by atoms with Gasteiger partial charge in [-0.3, -0.25) is 14.9 Å². The van der Waals surface area contributed by atoms with Crippen molar-refractivity contribution < 1.29 is 19.5 Å². The highest BCUT2D eigenvalue weighted by molar-refractivity contribution is 6.07. The molecule has 2 aliphatic rings. The van der Waals surface area contributed by atoms with Gasteiger partial charge >= 0.3 is 6.09 Å². The SMILES string of the molecule is CN(C)CCCn1c(NC(=O)c2ccc3cc4n(c3c2)CC2(CCN(C(=O)O)CC2)CNC4=O)nc2ccccc21. The van der Waals surface area contributed by atoms with Crippen molar-refractivity contribution in [2.24, 2.45) is 5.41 Å². The first kappa shape index (κ1) is 26.8. The van der Waals surface area contributed by atoms with E-state index < -0.39 is 6.09 Å². The molecule has 1 spiro atoms. The predicted molar refractivity (Wildman–Crippen MR) is 156 cm³/mol. The number of hydrogen-bond donors (Lipinski definition) is 3. The maximum absolute atomic E-state index is 13.6. The summed E-state index contributed by atoms with van der Waals surface area (Å²) in [6, 6.07) is 15.2. The number of likely N-dealkylation sites (tertiary alicyclic amines) is 1. The van der Waals surface area contributed by atoms with E-state index in [0.717, 1.165) is 41.4 Å². The number of para-hydroxylation sites is 2. The second kappa shape index (κ2) is 10.5. The average Bonchev–Trinajstić information content (AvgIpc) is 3.45. The Hall–Kier alpha value is -4.38. The van der Waals surface area contributed by atoms with Crippen LogP contribution in [0.15, 0.2) is 48.5 Å². The zero-order valence-electron chi connectivity index (χ0n) is 23.4. The summed E-state index contributed by atoms with van der Waals surface area (Å²) < 4.78 is 4.05. The minimum atomic E-state index is -0.911. The molecule has 0 saturated carbocycles. The average molecular weight is 558 g/mol. The molecular weight excluding hydrogens is 522 g/mol. The van der Waals surface area contributed by atoms with Crippen LogP contribution < -0.4 is 10.6 Å². The molecule has 1 saturated heterocycles. The van der Waals surface area contributed by atoms with Crippen molar-refractivity contribution in [1.29, 1.82) is 0 Å². The number of nitrogens with one attached hydrogen (secondary N) is 2. The third kappa shape index (κ3) is 5.13. The number of benzene rings is 2. The van der Waals surface area contributed by atoms with Crippen LogP contribution in [0.25, 0.3) is 21.9 Å².